The van der Waals surface area contributed by atoms with E-state index in [4.69, 9.17) is 0 Å². The lowest BCUT2D eigenvalue weighted by atomic mass is 10.2. The monoisotopic (exact) mass is 355 g/mol. The molecule has 0 radical (unpaired) electrons. The predicted molar refractivity (Wildman–Crippen MR) is 88.6 cm³/mol. The number of carbonyl (C=O) groups is 1. The second kappa shape index (κ2) is 6.39. The first-order valence-electron chi connectivity index (χ1n) is 7.06. The molecule has 0 bridgehead atoms. The zero-order valence-corrected chi connectivity index (χ0v) is 12.8. The Morgan fingerprint density at radius 3 is 2.23 bits per heavy atom. The zero-order chi connectivity index (χ0) is 18.8. The molecule has 0 saturated carbocycles. The molecular formula is C15H9N5O6. The van der Waals surface area contributed by atoms with Crippen LogP contribution in [0.5, 0.6) is 5.88 Å². The summed E-state index contributed by atoms with van der Waals surface area (Å²) < 4.78 is 0. The number of aromatic hydroxyl groups is 1. The molecule has 1 aromatic heterocycles. The van der Waals surface area contributed by atoms with Crippen LogP contribution in [0.1, 0.15) is 10.4 Å². The third-order valence-electron chi connectivity index (χ3n) is 3.51. The number of nitro groups is 2. The van der Waals surface area contributed by atoms with Gasteiger partial charge in [-0.1, -0.05) is 0 Å². The number of rotatable bonds is 4. The van der Waals surface area contributed by atoms with E-state index in [0.29, 0.717) is 5.52 Å². The molecule has 11 heteroatoms. The number of benzene rings is 2. The number of azo groups is 1. The first-order chi connectivity index (χ1) is 12.4. The summed E-state index contributed by atoms with van der Waals surface area (Å²) in [6.45, 7) is 0. The summed E-state index contributed by atoms with van der Waals surface area (Å²) in [5.74, 6) is -1.19. The van der Waals surface area contributed by atoms with E-state index in [1.807, 2.05) is 0 Å². The number of amides is 1. The van der Waals surface area contributed by atoms with Gasteiger partial charge in [0.2, 0.25) is 5.88 Å². The maximum atomic E-state index is 12.0. The molecule has 0 fully saturated rings. The smallest absolute Gasteiger partial charge is 0.295 e. The Morgan fingerprint density at radius 2 is 1.62 bits per heavy atom. The standard InChI is InChI=1S/C15H9N5O6/c21-14(8-1-3-9(4-2-8)19(23)24)18-17-13-11-7-10(20(25)26)5-6-12(11)16-15(13)22/h1-7,16,22H. The van der Waals surface area contributed by atoms with Crippen LogP contribution in [0.2, 0.25) is 0 Å². The zero-order valence-electron chi connectivity index (χ0n) is 12.8. The van der Waals surface area contributed by atoms with Crippen LogP contribution < -0.4 is 0 Å². The SMILES string of the molecule is O=C(N=Nc1c(O)[nH]c2ccc([N+](=O)[O-])cc12)c1ccc([N+](=O)[O-])cc1. The fourth-order valence-corrected chi connectivity index (χ4v) is 2.25. The van der Waals surface area contributed by atoms with Crippen molar-refractivity contribution in [2.75, 3.05) is 0 Å². The highest BCUT2D eigenvalue weighted by molar-refractivity contribution is 5.97. The lowest BCUT2D eigenvalue weighted by Crippen LogP contribution is -1.94. The van der Waals surface area contributed by atoms with Gasteiger partial charge in [-0.3, -0.25) is 25.0 Å². The molecule has 0 unspecified atom stereocenters. The normalized spacial score (nSPS) is 11.1. The second-order valence-corrected chi connectivity index (χ2v) is 5.12. The lowest BCUT2D eigenvalue weighted by molar-refractivity contribution is -0.385. The van der Waals surface area contributed by atoms with Gasteiger partial charge in [0.1, 0.15) is 0 Å². The molecule has 130 valence electrons. The van der Waals surface area contributed by atoms with Gasteiger partial charge in [-0.05, 0) is 18.2 Å². The Kier molecular flexibility index (Phi) is 4.11. The van der Waals surface area contributed by atoms with Crippen LogP contribution in [-0.2, 0) is 0 Å². The molecule has 3 rings (SSSR count). The van der Waals surface area contributed by atoms with Gasteiger partial charge < -0.3 is 10.1 Å². The number of hydrogen-bond donors (Lipinski definition) is 2. The van der Waals surface area contributed by atoms with Crippen molar-refractivity contribution in [3.63, 3.8) is 0 Å². The van der Waals surface area contributed by atoms with Crippen LogP contribution in [0.25, 0.3) is 10.9 Å². The number of non-ortho nitro benzene ring substituents is 2. The number of aromatic nitrogens is 1. The van der Waals surface area contributed by atoms with Gasteiger partial charge in [0.15, 0.2) is 5.69 Å². The fourth-order valence-electron chi connectivity index (χ4n) is 2.25. The highest BCUT2D eigenvalue weighted by Gasteiger charge is 2.16. The number of nitro benzene ring substituents is 2. The van der Waals surface area contributed by atoms with E-state index in [2.05, 4.69) is 15.2 Å². The number of nitrogens with one attached hydrogen (secondary N) is 1. The molecule has 11 nitrogen and oxygen atoms in total. The average molecular weight is 355 g/mol. The van der Waals surface area contributed by atoms with Crippen molar-refractivity contribution in [3.8, 4) is 5.88 Å². The van der Waals surface area contributed by atoms with Crippen molar-refractivity contribution in [2.24, 2.45) is 10.2 Å². The highest BCUT2D eigenvalue weighted by Crippen LogP contribution is 2.37. The molecule has 0 aliphatic heterocycles. The Labute approximate surface area is 143 Å². The Morgan fingerprint density at radius 1 is 1.00 bits per heavy atom. The van der Waals surface area contributed by atoms with Gasteiger partial charge in [-0.15, -0.1) is 10.2 Å². The van der Waals surface area contributed by atoms with Crippen LogP contribution in [0.4, 0.5) is 17.1 Å². The summed E-state index contributed by atoms with van der Waals surface area (Å²) in [5, 5.41) is 38.7. The van der Waals surface area contributed by atoms with Crippen LogP contribution in [0.3, 0.4) is 0 Å². The van der Waals surface area contributed by atoms with Crippen LogP contribution >= 0.6 is 0 Å². The van der Waals surface area contributed by atoms with E-state index in [-0.39, 0.29) is 28.0 Å². The largest absolute Gasteiger partial charge is 0.493 e. The molecule has 1 heterocycles. The van der Waals surface area contributed by atoms with E-state index >= 15 is 0 Å². The first kappa shape index (κ1) is 16.7. The topological polar surface area (TPSA) is 164 Å². The molecule has 1 amide bonds. The number of hydrogen-bond acceptors (Lipinski definition) is 7. The van der Waals surface area contributed by atoms with Crippen molar-refractivity contribution >= 4 is 33.9 Å². The molecule has 3 aromatic rings. The molecule has 0 spiro atoms. The van der Waals surface area contributed by atoms with Crippen molar-refractivity contribution in [1.29, 1.82) is 0 Å². The molecular weight excluding hydrogens is 346 g/mol. The maximum Gasteiger partial charge on any atom is 0.295 e. The third-order valence-corrected chi connectivity index (χ3v) is 3.51. The molecule has 2 aromatic carbocycles. The quantitative estimate of drug-likeness (QED) is 0.412. The number of H-pyrrole nitrogens is 1. The molecule has 0 atom stereocenters. The predicted octanol–water partition coefficient (Wildman–Crippen LogP) is 3.61. The summed E-state index contributed by atoms with van der Waals surface area (Å²) >= 11 is 0. The molecule has 0 saturated heterocycles. The number of nitrogens with zero attached hydrogens (tertiary/aromatic N) is 4. The van der Waals surface area contributed by atoms with E-state index < -0.39 is 21.6 Å². The Bertz CT molecular complexity index is 1070. The van der Waals surface area contributed by atoms with Gasteiger partial charge in [0.05, 0.1) is 15.4 Å². The highest BCUT2D eigenvalue weighted by atomic mass is 16.6. The van der Waals surface area contributed by atoms with Gasteiger partial charge in [0, 0.05) is 35.2 Å². The Hall–Kier alpha value is -4.15. The van der Waals surface area contributed by atoms with Crippen LogP contribution in [0, 0.1) is 20.2 Å². The molecule has 0 aliphatic rings. The van der Waals surface area contributed by atoms with Gasteiger partial charge in [0.25, 0.3) is 17.3 Å². The number of fused-ring (bicyclic) bond motifs is 1. The summed E-state index contributed by atoms with van der Waals surface area (Å²) in [7, 11) is 0. The summed E-state index contributed by atoms with van der Waals surface area (Å²) in [6.07, 6.45) is 0. The Balaban J connectivity index is 1.93. The van der Waals surface area contributed by atoms with Gasteiger partial charge in [-0.2, -0.15) is 0 Å². The van der Waals surface area contributed by atoms with E-state index in [0.717, 1.165) is 12.1 Å². The van der Waals surface area contributed by atoms with Crippen molar-refractivity contribution < 1.29 is 19.7 Å². The van der Waals surface area contributed by atoms with Crippen LogP contribution in [-0.4, -0.2) is 25.8 Å². The van der Waals surface area contributed by atoms with Crippen LogP contribution in [0.15, 0.2) is 52.7 Å². The minimum atomic E-state index is -0.793. The first-order valence-corrected chi connectivity index (χ1v) is 7.06. The molecule has 26 heavy (non-hydrogen) atoms. The summed E-state index contributed by atoms with van der Waals surface area (Å²) in [5.41, 5.74) is -0.0804. The number of aromatic amines is 1. The lowest BCUT2D eigenvalue weighted by Gasteiger charge is -1.95. The maximum absolute atomic E-state index is 12.0. The average Bonchev–Trinajstić information content (AvgIpc) is 2.94. The van der Waals surface area contributed by atoms with Crippen molar-refractivity contribution in [1.82, 2.24) is 4.98 Å². The third kappa shape index (κ3) is 3.08. The van der Waals surface area contributed by atoms with Crippen molar-refractivity contribution in [3.05, 3.63) is 68.3 Å². The van der Waals surface area contributed by atoms with Gasteiger partial charge >= 0.3 is 0 Å². The van der Waals surface area contributed by atoms with E-state index in [1.165, 1.54) is 30.3 Å². The van der Waals surface area contributed by atoms with Crippen molar-refractivity contribution in [2.45, 2.75) is 0 Å². The molecule has 0 aliphatic carbocycles. The summed E-state index contributed by atoms with van der Waals surface area (Å²) in [4.78, 5) is 34.8. The fraction of sp³-hybridized carbons (Fsp3) is 0. The molecule has 2 N–H and O–H groups in total. The minimum absolute atomic E-state index is 0.0599. The van der Waals surface area contributed by atoms with E-state index in [1.54, 1.807) is 0 Å². The van der Waals surface area contributed by atoms with E-state index in [9.17, 15) is 30.1 Å². The number of carbonyl (C=O) groups excluding carboxylic acids is 1. The van der Waals surface area contributed by atoms with Gasteiger partial charge in [-0.25, -0.2) is 0 Å². The second-order valence-electron chi connectivity index (χ2n) is 5.12. The summed E-state index contributed by atoms with van der Waals surface area (Å²) in [6, 6.07) is 8.57. The minimum Gasteiger partial charge on any atom is -0.493 e.